The minimum atomic E-state index is -1.04. The molecule has 0 saturated heterocycles. The van der Waals surface area contributed by atoms with Crippen LogP contribution in [0, 0.1) is 11.8 Å². The summed E-state index contributed by atoms with van der Waals surface area (Å²) in [6.07, 6.45) is 12.0. The van der Waals surface area contributed by atoms with Crippen molar-refractivity contribution in [2.24, 2.45) is 11.8 Å². The van der Waals surface area contributed by atoms with E-state index in [0.29, 0.717) is 25.7 Å². The number of aliphatic hydroxyl groups is 3. The number of aliphatic hydroxyl groups excluding tert-OH is 3. The van der Waals surface area contributed by atoms with Crippen molar-refractivity contribution in [3.8, 4) is 0 Å². The van der Waals surface area contributed by atoms with Gasteiger partial charge in [0.15, 0.2) is 0 Å². The zero-order valence-electron chi connectivity index (χ0n) is 15.2. The average Bonchev–Trinajstić information content (AvgIpc) is 2.82. The summed E-state index contributed by atoms with van der Waals surface area (Å²) in [5.74, 6) is -1.28. The number of carbonyl (C=O) groups excluding carboxylic acids is 1. The molecule has 0 aromatic carbocycles. The Hall–Kier alpha value is -1.17. The quantitative estimate of drug-likeness (QED) is 0.366. The maximum absolute atomic E-state index is 10.3. The van der Waals surface area contributed by atoms with Crippen LogP contribution in [0.15, 0.2) is 24.3 Å². The lowest BCUT2D eigenvalue weighted by molar-refractivity contribution is -0.305. The molecule has 1 rings (SSSR count). The van der Waals surface area contributed by atoms with Crippen LogP contribution in [-0.4, -0.2) is 39.6 Å². The normalized spacial score (nSPS) is 28.2. The number of unbranched alkanes of at least 4 members (excludes halogenated alkanes) is 3. The molecule has 1 aliphatic carbocycles. The Morgan fingerprint density at radius 3 is 2.64 bits per heavy atom. The summed E-state index contributed by atoms with van der Waals surface area (Å²) in [6.45, 7) is 2.12. The SMILES string of the molecule is CCCCC[C@H](O)/C=C/[C@@H]1[C@@H](C/C=C\CCCC(=O)[O-])[C@@H](O)C[C@@H]1O. The first-order valence-electron chi connectivity index (χ1n) is 9.53. The van der Waals surface area contributed by atoms with Gasteiger partial charge in [0.25, 0.3) is 0 Å². The van der Waals surface area contributed by atoms with Gasteiger partial charge in [-0.2, -0.15) is 0 Å². The number of hydrogen-bond donors (Lipinski definition) is 3. The Morgan fingerprint density at radius 1 is 1.20 bits per heavy atom. The largest absolute Gasteiger partial charge is 0.550 e. The molecule has 1 fully saturated rings. The maximum atomic E-state index is 10.3. The van der Waals surface area contributed by atoms with E-state index in [2.05, 4.69) is 6.92 Å². The number of carboxylic acids is 1. The summed E-state index contributed by atoms with van der Waals surface area (Å²) in [7, 11) is 0. The fraction of sp³-hybridized carbons (Fsp3) is 0.750. The van der Waals surface area contributed by atoms with Crippen LogP contribution in [0.5, 0.6) is 0 Å². The predicted octanol–water partition coefficient (Wildman–Crippen LogP) is 1.71. The number of rotatable bonds is 12. The molecule has 0 heterocycles. The molecule has 0 unspecified atom stereocenters. The smallest absolute Gasteiger partial charge is 0.0721 e. The van der Waals surface area contributed by atoms with E-state index in [1.165, 1.54) is 0 Å². The summed E-state index contributed by atoms with van der Waals surface area (Å²) in [4.78, 5) is 10.3. The van der Waals surface area contributed by atoms with Crippen molar-refractivity contribution < 1.29 is 25.2 Å². The molecule has 1 aliphatic rings. The Morgan fingerprint density at radius 2 is 1.96 bits per heavy atom. The standard InChI is InChI=1S/C20H34O5/c1-2-3-6-9-15(21)12-13-17-16(18(22)14-19(17)23)10-7-4-5-8-11-20(24)25/h4,7,12-13,15-19,21-23H,2-3,5-6,8-11,14H2,1H3,(H,24,25)/p-1/b7-4-,13-12+/t15-,16+,17+,18-,19-/m0/s1. The molecule has 5 atom stereocenters. The third-order valence-corrected chi connectivity index (χ3v) is 4.90. The molecule has 5 nitrogen and oxygen atoms in total. The fourth-order valence-corrected chi connectivity index (χ4v) is 3.40. The highest BCUT2D eigenvalue weighted by Crippen LogP contribution is 2.36. The Labute approximate surface area is 151 Å². The fourth-order valence-electron chi connectivity index (χ4n) is 3.40. The van der Waals surface area contributed by atoms with Crippen LogP contribution >= 0.6 is 0 Å². The van der Waals surface area contributed by atoms with Gasteiger partial charge in [-0.25, -0.2) is 0 Å². The van der Waals surface area contributed by atoms with Gasteiger partial charge in [-0.05, 0) is 38.0 Å². The van der Waals surface area contributed by atoms with E-state index in [4.69, 9.17) is 0 Å². The Balaban J connectivity index is 2.46. The molecule has 3 N–H and O–H groups in total. The minimum Gasteiger partial charge on any atom is -0.550 e. The summed E-state index contributed by atoms with van der Waals surface area (Å²) >= 11 is 0. The van der Waals surface area contributed by atoms with Crippen molar-refractivity contribution in [3.63, 3.8) is 0 Å². The van der Waals surface area contributed by atoms with Gasteiger partial charge in [-0.15, -0.1) is 0 Å². The Kier molecular flexibility index (Phi) is 10.7. The molecular formula is C20H33O5-. The van der Waals surface area contributed by atoms with Gasteiger partial charge in [-0.1, -0.05) is 50.5 Å². The molecule has 0 aromatic heterocycles. The number of hydrogen-bond acceptors (Lipinski definition) is 5. The molecule has 144 valence electrons. The molecule has 0 amide bonds. The summed E-state index contributed by atoms with van der Waals surface area (Å²) in [5.41, 5.74) is 0. The maximum Gasteiger partial charge on any atom is 0.0721 e. The number of allylic oxidation sites excluding steroid dienone is 2. The van der Waals surface area contributed by atoms with Gasteiger partial charge in [0.05, 0.1) is 18.3 Å². The summed E-state index contributed by atoms with van der Waals surface area (Å²) in [5, 5.41) is 40.7. The van der Waals surface area contributed by atoms with Gasteiger partial charge >= 0.3 is 0 Å². The van der Waals surface area contributed by atoms with Crippen molar-refractivity contribution in [2.45, 2.75) is 83.0 Å². The second-order valence-corrected chi connectivity index (χ2v) is 7.03. The predicted molar refractivity (Wildman–Crippen MR) is 95.5 cm³/mol. The van der Waals surface area contributed by atoms with Crippen molar-refractivity contribution in [1.82, 2.24) is 0 Å². The molecule has 0 radical (unpaired) electrons. The summed E-state index contributed by atoms with van der Waals surface area (Å²) < 4.78 is 0. The van der Waals surface area contributed by atoms with E-state index in [1.54, 1.807) is 6.08 Å². The lowest BCUT2D eigenvalue weighted by Crippen LogP contribution is -2.21. The highest BCUT2D eigenvalue weighted by Gasteiger charge is 2.39. The van der Waals surface area contributed by atoms with Gasteiger partial charge in [0, 0.05) is 18.3 Å². The van der Waals surface area contributed by atoms with E-state index < -0.39 is 24.3 Å². The minimum absolute atomic E-state index is 0.0520. The average molecular weight is 353 g/mol. The molecule has 5 heteroatoms. The molecule has 0 aromatic rings. The van der Waals surface area contributed by atoms with Crippen LogP contribution in [0.4, 0.5) is 0 Å². The number of carbonyl (C=O) groups is 1. The zero-order valence-corrected chi connectivity index (χ0v) is 15.2. The first-order chi connectivity index (χ1) is 12.0. The van der Waals surface area contributed by atoms with Crippen LogP contribution in [0.3, 0.4) is 0 Å². The number of carboxylic acid groups (broad SMARTS) is 1. The first-order valence-corrected chi connectivity index (χ1v) is 9.53. The van der Waals surface area contributed by atoms with Crippen LogP contribution in [0.25, 0.3) is 0 Å². The highest BCUT2D eigenvalue weighted by molar-refractivity contribution is 5.64. The molecular weight excluding hydrogens is 320 g/mol. The topological polar surface area (TPSA) is 101 Å². The second kappa shape index (κ2) is 12.2. The molecule has 0 bridgehead atoms. The van der Waals surface area contributed by atoms with Crippen LogP contribution in [-0.2, 0) is 4.79 Å². The highest BCUT2D eigenvalue weighted by atomic mass is 16.4. The monoisotopic (exact) mass is 353 g/mol. The number of aliphatic carboxylic acids is 1. The first kappa shape index (κ1) is 21.9. The van der Waals surface area contributed by atoms with E-state index >= 15 is 0 Å². The van der Waals surface area contributed by atoms with Gasteiger partial charge in [-0.3, -0.25) is 0 Å². The lowest BCUT2D eigenvalue weighted by atomic mass is 9.89. The molecule has 25 heavy (non-hydrogen) atoms. The van der Waals surface area contributed by atoms with Crippen LogP contribution < -0.4 is 5.11 Å². The van der Waals surface area contributed by atoms with Crippen molar-refractivity contribution >= 4 is 5.97 Å². The third kappa shape index (κ3) is 8.66. The van der Waals surface area contributed by atoms with E-state index in [9.17, 15) is 25.2 Å². The molecule has 0 aliphatic heterocycles. The molecule has 1 saturated carbocycles. The van der Waals surface area contributed by atoms with E-state index in [1.807, 2.05) is 18.2 Å². The van der Waals surface area contributed by atoms with E-state index in [0.717, 1.165) is 25.7 Å². The van der Waals surface area contributed by atoms with Crippen LogP contribution in [0.1, 0.15) is 64.7 Å². The lowest BCUT2D eigenvalue weighted by Gasteiger charge is -2.19. The summed E-state index contributed by atoms with van der Waals surface area (Å²) in [6, 6.07) is 0. The Bertz CT molecular complexity index is 432. The second-order valence-electron chi connectivity index (χ2n) is 7.03. The third-order valence-electron chi connectivity index (χ3n) is 4.90. The molecule has 0 spiro atoms. The van der Waals surface area contributed by atoms with Gasteiger partial charge in [0.1, 0.15) is 0 Å². The van der Waals surface area contributed by atoms with Crippen LogP contribution in [0.2, 0.25) is 0 Å². The van der Waals surface area contributed by atoms with Crippen molar-refractivity contribution in [2.75, 3.05) is 0 Å². The van der Waals surface area contributed by atoms with Crippen molar-refractivity contribution in [3.05, 3.63) is 24.3 Å². The van der Waals surface area contributed by atoms with Gasteiger partial charge in [0.2, 0.25) is 0 Å². The van der Waals surface area contributed by atoms with E-state index in [-0.39, 0.29) is 18.3 Å². The van der Waals surface area contributed by atoms with Gasteiger partial charge < -0.3 is 25.2 Å². The van der Waals surface area contributed by atoms with Crippen molar-refractivity contribution in [1.29, 1.82) is 0 Å². The zero-order chi connectivity index (χ0) is 18.7.